The molecule has 1 N–H and O–H groups in total. The minimum Gasteiger partial charge on any atom is -0.444 e. The molecule has 5 rings (SSSR count). The van der Waals surface area contributed by atoms with Gasteiger partial charge in [0.1, 0.15) is 17.2 Å². The number of aromatic amines is 1. The lowest BCUT2D eigenvalue weighted by Gasteiger charge is -2.35. The number of fused-ring (bicyclic) bond motifs is 4. The normalized spacial score (nSPS) is 19.6. The van der Waals surface area contributed by atoms with Gasteiger partial charge in [-0.15, -0.1) is 0 Å². The summed E-state index contributed by atoms with van der Waals surface area (Å²) in [5.74, 6) is 0.312. The number of ether oxygens (including phenoxy) is 1. The molecule has 1 amide bonds. The van der Waals surface area contributed by atoms with Crippen LogP contribution in [-0.4, -0.2) is 42.0 Å². The van der Waals surface area contributed by atoms with Gasteiger partial charge in [0, 0.05) is 30.4 Å². The van der Waals surface area contributed by atoms with Gasteiger partial charge in [-0.1, -0.05) is 0 Å². The molecule has 1 fully saturated rings. The fourth-order valence-corrected chi connectivity index (χ4v) is 5.08. The summed E-state index contributed by atoms with van der Waals surface area (Å²) in [5.41, 5.74) is 2.46. The van der Waals surface area contributed by atoms with Gasteiger partial charge in [0.2, 0.25) is 0 Å². The van der Waals surface area contributed by atoms with Crippen LogP contribution in [0.3, 0.4) is 0 Å². The summed E-state index contributed by atoms with van der Waals surface area (Å²) in [6.07, 6.45) is 5.04. The van der Waals surface area contributed by atoms with E-state index in [1.54, 1.807) is 43.1 Å². The smallest absolute Gasteiger partial charge is 0.411 e. The maximum atomic E-state index is 14.3. The van der Waals surface area contributed by atoms with E-state index in [1.165, 1.54) is 4.57 Å². The molecule has 2 atom stereocenters. The molecule has 1 aromatic carbocycles. The van der Waals surface area contributed by atoms with Gasteiger partial charge in [-0.25, -0.2) is 18.7 Å². The van der Waals surface area contributed by atoms with Crippen LogP contribution in [0.4, 0.5) is 9.18 Å². The lowest BCUT2D eigenvalue weighted by molar-refractivity contribution is 0.0124. The highest BCUT2D eigenvalue weighted by Crippen LogP contribution is 2.46. The van der Waals surface area contributed by atoms with Crippen LogP contribution in [0.1, 0.15) is 62.0 Å². The first-order valence-electron chi connectivity index (χ1n) is 11.2. The molecule has 3 aromatic rings. The summed E-state index contributed by atoms with van der Waals surface area (Å²) in [6, 6.07) is 3.20. The maximum Gasteiger partial charge on any atom is 0.411 e. The quantitative estimate of drug-likeness (QED) is 0.633. The van der Waals surface area contributed by atoms with Crippen LogP contribution in [0.15, 0.2) is 29.3 Å². The van der Waals surface area contributed by atoms with Crippen molar-refractivity contribution in [2.24, 2.45) is 0 Å². The second-order valence-electron chi connectivity index (χ2n) is 9.96. The van der Waals surface area contributed by atoms with E-state index in [-0.39, 0.29) is 29.7 Å². The third kappa shape index (κ3) is 3.46. The van der Waals surface area contributed by atoms with Crippen LogP contribution >= 0.6 is 0 Å². The monoisotopic (exact) mass is 453 g/mol. The summed E-state index contributed by atoms with van der Waals surface area (Å²) in [7, 11) is 0. The van der Waals surface area contributed by atoms with E-state index in [4.69, 9.17) is 9.84 Å². The number of aryl methyl sites for hydroxylation is 2. The Morgan fingerprint density at radius 1 is 1.21 bits per heavy atom. The molecule has 0 saturated carbocycles. The first kappa shape index (κ1) is 21.5. The molecule has 174 valence electrons. The molecule has 2 bridgehead atoms. The van der Waals surface area contributed by atoms with E-state index in [9.17, 15) is 14.0 Å². The zero-order chi connectivity index (χ0) is 23.7. The second kappa shape index (κ2) is 7.33. The standard InChI is InChI=1S/C24H28FN5O3/c1-13-10-16(11-14(2)20(13)25)30-21(28-9-8-26-22(28)31)19-17(27-30)12-15-6-7-18(19)29(15)23(32)33-24(3,4)5/h8-11,15,18H,6-7,12H2,1-5H3,(H,26,31)/t15-,18+/m0/s1. The molecule has 2 aliphatic rings. The number of nitrogens with one attached hydrogen (secondary N) is 1. The van der Waals surface area contributed by atoms with Crippen LogP contribution in [-0.2, 0) is 11.2 Å². The van der Waals surface area contributed by atoms with Crippen molar-refractivity contribution in [3.05, 3.63) is 63.2 Å². The summed E-state index contributed by atoms with van der Waals surface area (Å²) in [6.45, 7) is 8.98. The molecule has 0 aliphatic carbocycles. The Kier molecular flexibility index (Phi) is 4.77. The number of hydrogen-bond acceptors (Lipinski definition) is 4. The SMILES string of the molecule is Cc1cc(-n2nc3c(c2-n2cc[nH]c2=O)[C@H]2CC[C@@H](C3)N2C(=O)OC(C)(C)C)cc(C)c1F. The van der Waals surface area contributed by atoms with Crippen LogP contribution in [0.2, 0.25) is 0 Å². The summed E-state index contributed by atoms with van der Waals surface area (Å²) >= 11 is 0. The second-order valence-corrected chi connectivity index (χ2v) is 9.96. The summed E-state index contributed by atoms with van der Waals surface area (Å²) < 4.78 is 23.3. The molecule has 2 aromatic heterocycles. The molecule has 4 heterocycles. The topological polar surface area (TPSA) is 85.2 Å². The van der Waals surface area contributed by atoms with Gasteiger partial charge >= 0.3 is 11.8 Å². The summed E-state index contributed by atoms with van der Waals surface area (Å²) in [4.78, 5) is 30.3. The fraction of sp³-hybridized carbons (Fsp3) is 0.458. The Labute approximate surface area is 191 Å². The van der Waals surface area contributed by atoms with Crippen molar-refractivity contribution in [3.8, 4) is 11.5 Å². The largest absolute Gasteiger partial charge is 0.444 e. The Morgan fingerprint density at radius 3 is 2.52 bits per heavy atom. The fourth-order valence-electron chi connectivity index (χ4n) is 5.08. The van der Waals surface area contributed by atoms with E-state index in [1.807, 2.05) is 25.7 Å². The predicted octanol–water partition coefficient (Wildman–Crippen LogP) is 4.10. The van der Waals surface area contributed by atoms with Gasteiger partial charge in [-0.3, -0.25) is 9.47 Å². The number of aromatic nitrogens is 4. The van der Waals surface area contributed by atoms with Gasteiger partial charge in [0.15, 0.2) is 0 Å². The van der Waals surface area contributed by atoms with Crippen molar-refractivity contribution in [1.82, 2.24) is 24.2 Å². The van der Waals surface area contributed by atoms with Crippen LogP contribution in [0.5, 0.6) is 0 Å². The Hall–Kier alpha value is -3.36. The van der Waals surface area contributed by atoms with E-state index >= 15 is 0 Å². The molecular formula is C24H28FN5O3. The van der Waals surface area contributed by atoms with Gasteiger partial charge in [-0.2, -0.15) is 5.10 Å². The lowest BCUT2D eigenvalue weighted by atomic mass is 9.99. The molecule has 1 saturated heterocycles. The van der Waals surface area contributed by atoms with Gasteiger partial charge < -0.3 is 9.72 Å². The highest BCUT2D eigenvalue weighted by atomic mass is 19.1. The third-order valence-electron chi connectivity index (χ3n) is 6.39. The van der Waals surface area contributed by atoms with Crippen molar-refractivity contribution in [1.29, 1.82) is 0 Å². The predicted molar refractivity (Wildman–Crippen MR) is 120 cm³/mol. The van der Waals surface area contributed by atoms with Gasteiger partial charge in [-0.05, 0) is 70.7 Å². The Balaban J connectivity index is 1.70. The van der Waals surface area contributed by atoms with Crippen molar-refractivity contribution in [2.45, 2.75) is 71.6 Å². The molecule has 9 heteroatoms. The highest BCUT2D eigenvalue weighted by molar-refractivity contribution is 5.71. The Morgan fingerprint density at radius 2 is 1.91 bits per heavy atom. The third-order valence-corrected chi connectivity index (χ3v) is 6.39. The van der Waals surface area contributed by atoms with Crippen molar-refractivity contribution in [2.75, 3.05) is 0 Å². The van der Waals surface area contributed by atoms with Crippen LogP contribution in [0.25, 0.3) is 11.5 Å². The number of amides is 1. The zero-order valence-corrected chi connectivity index (χ0v) is 19.5. The van der Waals surface area contributed by atoms with E-state index in [0.29, 0.717) is 29.1 Å². The first-order chi connectivity index (χ1) is 15.5. The lowest BCUT2D eigenvalue weighted by Crippen LogP contribution is -2.44. The molecule has 0 unspecified atom stereocenters. The minimum atomic E-state index is -0.607. The van der Waals surface area contributed by atoms with E-state index < -0.39 is 5.60 Å². The minimum absolute atomic E-state index is 0.00631. The van der Waals surface area contributed by atoms with E-state index in [2.05, 4.69) is 4.98 Å². The zero-order valence-electron chi connectivity index (χ0n) is 19.5. The maximum absolute atomic E-state index is 14.3. The van der Waals surface area contributed by atoms with Crippen LogP contribution < -0.4 is 5.69 Å². The number of H-pyrrole nitrogens is 1. The molecule has 33 heavy (non-hydrogen) atoms. The molecule has 8 nitrogen and oxygen atoms in total. The van der Waals surface area contributed by atoms with Gasteiger partial charge in [0.05, 0.1) is 17.4 Å². The summed E-state index contributed by atoms with van der Waals surface area (Å²) in [5, 5.41) is 4.88. The van der Waals surface area contributed by atoms with Crippen molar-refractivity contribution < 1.29 is 13.9 Å². The average Bonchev–Trinajstić information content (AvgIpc) is 3.39. The number of imidazole rings is 1. The molecule has 0 spiro atoms. The molecule has 2 aliphatic heterocycles. The average molecular weight is 454 g/mol. The van der Waals surface area contributed by atoms with Crippen molar-refractivity contribution >= 4 is 6.09 Å². The Bertz CT molecular complexity index is 1290. The highest BCUT2D eigenvalue weighted by Gasteiger charge is 2.47. The number of nitrogens with zero attached hydrogens (tertiary/aromatic N) is 4. The number of halogens is 1. The molecule has 0 radical (unpaired) electrons. The first-order valence-corrected chi connectivity index (χ1v) is 11.2. The number of benzene rings is 1. The van der Waals surface area contributed by atoms with Crippen molar-refractivity contribution in [3.63, 3.8) is 0 Å². The van der Waals surface area contributed by atoms with Gasteiger partial charge in [0.25, 0.3) is 0 Å². The number of carbonyl (C=O) groups excluding carboxylic acids is 1. The van der Waals surface area contributed by atoms with Crippen LogP contribution in [0, 0.1) is 19.7 Å². The number of rotatable bonds is 2. The molecular weight excluding hydrogens is 425 g/mol. The number of hydrogen-bond donors (Lipinski definition) is 1. The van der Waals surface area contributed by atoms with E-state index in [0.717, 1.165) is 24.1 Å². The number of carbonyl (C=O) groups is 1.